The van der Waals surface area contributed by atoms with E-state index in [1.54, 1.807) is 0 Å². The molecule has 0 saturated heterocycles. The van der Waals surface area contributed by atoms with E-state index >= 15 is 0 Å². The number of carbonyl (C=O) groups is 1. The molecule has 0 aliphatic rings. The van der Waals surface area contributed by atoms with Crippen LogP contribution in [0.5, 0.6) is 5.75 Å². The van der Waals surface area contributed by atoms with Gasteiger partial charge in [-0.3, -0.25) is 4.79 Å². The van der Waals surface area contributed by atoms with E-state index in [9.17, 15) is 4.79 Å². The lowest BCUT2D eigenvalue weighted by molar-refractivity contribution is -0.858. The summed E-state index contributed by atoms with van der Waals surface area (Å²) in [5, 5.41) is 2.86. The molecule has 0 aliphatic heterocycles. The van der Waals surface area contributed by atoms with Crippen LogP contribution in [0.3, 0.4) is 0 Å². The van der Waals surface area contributed by atoms with Crippen LogP contribution in [0, 0.1) is 0 Å². The lowest BCUT2D eigenvalue weighted by Gasteiger charge is -2.10. The topological polar surface area (TPSA) is 42.8 Å². The summed E-state index contributed by atoms with van der Waals surface area (Å²) in [5.41, 5.74) is 1.24. The molecular formula is C15H24BrN2O2+. The highest BCUT2D eigenvalue weighted by molar-refractivity contribution is 9.10. The van der Waals surface area contributed by atoms with Crippen LogP contribution in [-0.2, 0) is 11.2 Å². The zero-order valence-electron chi connectivity index (χ0n) is 12.5. The molecule has 0 heterocycles. The van der Waals surface area contributed by atoms with Gasteiger partial charge in [-0.25, -0.2) is 0 Å². The first-order chi connectivity index (χ1) is 9.52. The molecule has 1 rings (SSSR count). The number of hydrogen-bond acceptors (Lipinski definition) is 2. The number of quaternary nitrogens is 1. The summed E-state index contributed by atoms with van der Waals surface area (Å²) in [5.74, 6) is 0.625. The summed E-state index contributed by atoms with van der Waals surface area (Å²) in [6.45, 7) is 3.90. The molecule has 5 heteroatoms. The fraction of sp³-hybridized carbons (Fsp3) is 0.533. The summed E-state index contributed by atoms with van der Waals surface area (Å²) in [6.07, 6.45) is 1.95. The Morgan fingerprint density at radius 1 is 1.40 bits per heavy atom. The van der Waals surface area contributed by atoms with Gasteiger partial charge in [-0.2, -0.15) is 0 Å². The lowest BCUT2D eigenvalue weighted by atomic mass is 10.2. The number of benzene rings is 1. The summed E-state index contributed by atoms with van der Waals surface area (Å²) in [4.78, 5) is 13.0. The van der Waals surface area contributed by atoms with E-state index in [-0.39, 0.29) is 12.5 Å². The van der Waals surface area contributed by atoms with Crippen LogP contribution in [0.2, 0.25) is 0 Å². The second-order valence-electron chi connectivity index (χ2n) is 5.07. The molecule has 0 radical (unpaired) electrons. The highest BCUT2D eigenvalue weighted by atomic mass is 79.9. The van der Waals surface area contributed by atoms with Crippen LogP contribution < -0.4 is 15.0 Å². The highest BCUT2D eigenvalue weighted by Crippen LogP contribution is 2.26. The van der Waals surface area contributed by atoms with Crippen LogP contribution in [0.25, 0.3) is 0 Å². The van der Waals surface area contributed by atoms with Crippen molar-refractivity contribution < 1.29 is 14.4 Å². The Kier molecular flexibility index (Phi) is 7.62. The second-order valence-corrected chi connectivity index (χ2v) is 5.92. The maximum Gasteiger partial charge on any atom is 0.257 e. The van der Waals surface area contributed by atoms with E-state index in [4.69, 9.17) is 4.74 Å². The van der Waals surface area contributed by atoms with E-state index in [0.717, 1.165) is 23.9 Å². The van der Waals surface area contributed by atoms with Gasteiger partial charge < -0.3 is 15.0 Å². The average Bonchev–Trinajstić information content (AvgIpc) is 2.42. The molecular weight excluding hydrogens is 320 g/mol. The van der Waals surface area contributed by atoms with E-state index < -0.39 is 0 Å². The largest absolute Gasteiger partial charge is 0.483 e. The van der Waals surface area contributed by atoms with E-state index in [1.807, 2.05) is 18.2 Å². The van der Waals surface area contributed by atoms with Crippen LogP contribution in [0.4, 0.5) is 0 Å². The molecule has 1 aromatic rings. The van der Waals surface area contributed by atoms with Gasteiger partial charge in [-0.1, -0.05) is 13.0 Å². The van der Waals surface area contributed by atoms with Crippen LogP contribution in [-0.4, -0.2) is 39.7 Å². The molecule has 0 saturated carbocycles. The van der Waals surface area contributed by atoms with Crippen molar-refractivity contribution in [3.8, 4) is 5.75 Å². The first-order valence-corrected chi connectivity index (χ1v) is 7.79. The van der Waals surface area contributed by atoms with Gasteiger partial charge in [-0.15, -0.1) is 0 Å². The summed E-state index contributed by atoms with van der Waals surface area (Å²) < 4.78 is 6.40. The minimum Gasteiger partial charge on any atom is -0.483 e. The number of hydrogen-bond donors (Lipinski definition) is 2. The standard InChI is InChI=1S/C15H23BrN2O2/c1-4-12-6-7-14(13(16)10-12)20-11-15(19)17-8-5-9-18(2)3/h6-7,10H,4-5,8-9,11H2,1-3H3,(H,17,19)/p+1. The smallest absolute Gasteiger partial charge is 0.257 e. The van der Waals surface area contributed by atoms with Crippen LogP contribution in [0.1, 0.15) is 18.9 Å². The van der Waals surface area contributed by atoms with Crippen molar-refractivity contribution in [1.29, 1.82) is 0 Å². The quantitative estimate of drug-likeness (QED) is 0.692. The molecule has 0 aromatic heterocycles. The third-order valence-corrected chi connectivity index (χ3v) is 3.56. The summed E-state index contributed by atoms with van der Waals surface area (Å²) >= 11 is 3.46. The average molecular weight is 344 g/mol. The van der Waals surface area contributed by atoms with Gasteiger partial charge in [0.05, 0.1) is 25.1 Å². The Hall–Kier alpha value is -1.07. The third kappa shape index (κ3) is 6.39. The fourth-order valence-electron chi connectivity index (χ4n) is 1.75. The Morgan fingerprint density at radius 3 is 2.75 bits per heavy atom. The Labute approximate surface area is 129 Å². The van der Waals surface area contributed by atoms with E-state index in [0.29, 0.717) is 12.3 Å². The normalized spacial score (nSPS) is 10.7. The predicted octanol–water partition coefficient (Wildman–Crippen LogP) is 1.04. The molecule has 0 unspecified atom stereocenters. The Morgan fingerprint density at radius 2 is 2.15 bits per heavy atom. The zero-order valence-corrected chi connectivity index (χ0v) is 14.0. The maximum absolute atomic E-state index is 11.6. The van der Waals surface area contributed by atoms with Crippen LogP contribution >= 0.6 is 15.9 Å². The third-order valence-electron chi connectivity index (χ3n) is 2.94. The van der Waals surface area contributed by atoms with Gasteiger partial charge in [0.25, 0.3) is 5.91 Å². The predicted molar refractivity (Wildman–Crippen MR) is 84.3 cm³/mol. The zero-order chi connectivity index (χ0) is 15.0. The van der Waals surface area contributed by atoms with Gasteiger partial charge in [0.2, 0.25) is 0 Å². The molecule has 2 N–H and O–H groups in total. The molecule has 4 nitrogen and oxygen atoms in total. The minimum atomic E-state index is -0.0785. The number of rotatable bonds is 8. The van der Waals surface area contributed by atoms with Crippen LogP contribution in [0.15, 0.2) is 22.7 Å². The Bertz CT molecular complexity index is 436. The molecule has 1 aromatic carbocycles. The number of ether oxygens (including phenoxy) is 1. The van der Waals surface area contributed by atoms with Gasteiger partial charge >= 0.3 is 0 Å². The van der Waals surface area contributed by atoms with E-state index in [1.165, 1.54) is 10.5 Å². The molecule has 0 bridgehead atoms. The Balaban J connectivity index is 2.30. The fourth-order valence-corrected chi connectivity index (χ4v) is 2.29. The highest BCUT2D eigenvalue weighted by Gasteiger charge is 2.06. The number of carbonyl (C=O) groups excluding carboxylic acids is 1. The van der Waals surface area contributed by atoms with Gasteiger partial charge in [0, 0.05) is 13.0 Å². The van der Waals surface area contributed by atoms with E-state index in [2.05, 4.69) is 42.3 Å². The van der Waals surface area contributed by atoms with Crippen molar-refractivity contribution in [2.45, 2.75) is 19.8 Å². The van der Waals surface area contributed by atoms with Gasteiger partial charge in [0.15, 0.2) is 6.61 Å². The van der Waals surface area contributed by atoms with Crippen molar-refractivity contribution in [2.75, 3.05) is 33.8 Å². The monoisotopic (exact) mass is 343 g/mol. The summed E-state index contributed by atoms with van der Waals surface area (Å²) in [6, 6.07) is 5.93. The molecule has 112 valence electrons. The molecule has 1 amide bonds. The van der Waals surface area contributed by atoms with Crippen molar-refractivity contribution in [3.63, 3.8) is 0 Å². The first-order valence-electron chi connectivity index (χ1n) is 7.00. The van der Waals surface area contributed by atoms with Crippen molar-refractivity contribution >= 4 is 21.8 Å². The molecule has 0 fully saturated rings. The maximum atomic E-state index is 11.6. The number of nitrogens with one attached hydrogen (secondary N) is 2. The van der Waals surface area contributed by atoms with Gasteiger partial charge in [-0.05, 0) is 40.0 Å². The van der Waals surface area contributed by atoms with Gasteiger partial charge in [0.1, 0.15) is 5.75 Å². The van der Waals surface area contributed by atoms with Crippen molar-refractivity contribution in [2.24, 2.45) is 0 Å². The molecule has 0 spiro atoms. The van der Waals surface area contributed by atoms with Crippen molar-refractivity contribution in [3.05, 3.63) is 28.2 Å². The van der Waals surface area contributed by atoms with Crippen molar-refractivity contribution in [1.82, 2.24) is 5.32 Å². The second kappa shape index (κ2) is 8.97. The summed E-state index contributed by atoms with van der Waals surface area (Å²) in [7, 11) is 4.20. The number of aryl methyl sites for hydroxylation is 1. The molecule has 20 heavy (non-hydrogen) atoms. The number of amides is 1. The first kappa shape index (κ1) is 17.0. The SMILES string of the molecule is CCc1ccc(OCC(=O)NCCC[NH+](C)C)c(Br)c1. The minimum absolute atomic E-state index is 0.0545. The lowest BCUT2D eigenvalue weighted by Crippen LogP contribution is -3.05. The molecule has 0 aliphatic carbocycles. The molecule has 0 atom stereocenters. The number of halogens is 1.